The third-order valence-electron chi connectivity index (χ3n) is 15.8. The number of ketones is 2. The Kier molecular flexibility index (Phi) is 19.4. The number of nitrogens with zero attached hydrogens (tertiary/aromatic N) is 2. The van der Waals surface area contributed by atoms with Crippen LogP contribution in [0.15, 0.2) is 53.9 Å². The van der Waals surface area contributed by atoms with Gasteiger partial charge in [-0.05, 0) is 126 Å². The molecule has 2 aromatic rings. The van der Waals surface area contributed by atoms with Crippen LogP contribution in [0, 0.1) is 43.4 Å². The molecule has 3 N–H and O–H groups in total. The summed E-state index contributed by atoms with van der Waals surface area (Å²) in [5.41, 5.74) is 5.00. The molecule has 1 saturated carbocycles. The van der Waals surface area contributed by atoms with Crippen LogP contribution < -0.4 is 0 Å². The zero-order valence-corrected chi connectivity index (χ0v) is 43.5. The first kappa shape index (κ1) is 55.2. The molecule has 1 aliphatic carbocycles. The third kappa shape index (κ3) is 12.7. The summed E-state index contributed by atoms with van der Waals surface area (Å²) in [6.07, 6.45) is 7.32. The first-order valence-electron chi connectivity index (χ1n) is 25.7. The van der Waals surface area contributed by atoms with E-state index >= 15 is 0 Å². The number of carbonyl (C=O) groups excluding carboxylic acids is 4. The molecule has 0 spiro atoms. The van der Waals surface area contributed by atoms with Crippen LogP contribution in [0.1, 0.15) is 141 Å². The topological polar surface area (TPSA) is 196 Å². The van der Waals surface area contributed by atoms with Crippen LogP contribution >= 0.6 is 0 Å². The average Bonchev–Trinajstić information content (AvgIpc) is 3.89. The van der Waals surface area contributed by atoms with Crippen molar-refractivity contribution in [3.05, 3.63) is 76.4 Å². The molecule has 4 heterocycles. The molecule has 1 amide bonds. The van der Waals surface area contributed by atoms with Gasteiger partial charge in [-0.2, -0.15) is 0 Å². The number of nitrogens with one attached hydrogen (secondary N) is 1. The van der Waals surface area contributed by atoms with Crippen molar-refractivity contribution in [2.45, 2.75) is 187 Å². The molecule has 15 heteroatoms. The fraction of sp³-hybridized carbons (Fsp3) is 0.691. The fourth-order valence-electron chi connectivity index (χ4n) is 11.4. The van der Waals surface area contributed by atoms with Crippen LogP contribution in [0.25, 0.3) is 0 Å². The Balaban J connectivity index is 1.31. The minimum Gasteiger partial charge on any atom is -0.456 e. The van der Waals surface area contributed by atoms with Gasteiger partial charge in [-0.15, -0.1) is 0 Å². The number of piperidine rings is 1. The molecule has 4 aliphatic rings. The van der Waals surface area contributed by atoms with Crippen molar-refractivity contribution in [2.75, 3.05) is 27.9 Å². The highest BCUT2D eigenvalue weighted by atomic mass is 16.7. The number of aromatic nitrogens is 2. The van der Waals surface area contributed by atoms with E-state index in [0.29, 0.717) is 56.3 Å². The molecule has 1 aromatic carbocycles. The highest BCUT2D eigenvalue weighted by Gasteiger charge is 2.56. The molecule has 6 rings (SSSR count). The van der Waals surface area contributed by atoms with Crippen molar-refractivity contribution in [1.29, 1.82) is 0 Å². The maximum Gasteiger partial charge on any atom is 0.329 e. The predicted octanol–water partition coefficient (Wildman–Crippen LogP) is 7.63. The molecule has 1 aromatic heterocycles. The van der Waals surface area contributed by atoms with Gasteiger partial charge >= 0.3 is 5.97 Å². The Morgan fingerprint density at radius 3 is 2.30 bits per heavy atom. The fourth-order valence-corrected chi connectivity index (χ4v) is 11.4. The van der Waals surface area contributed by atoms with Crippen LogP contribution in [-0.4, -0.2) is 131 Å². The van der Waals surface area contributed by atoms with E-state index in [9.17, 15) is 29.4 Å². The van der Waals surface area contributed by atoms with Gasteiger partial charge in [-0.25, -0.2) is 9.78 Å². The van der Waals surface area contributed by atoms with Gasteiger partial charge in [-0.3, -0.25) is 14.4 Å². The van der Waals surface area contributed by atoms with Crippen molar-refractivity contribution >= 4 is 23.4 Å². The first-order chi connectivity index (χ1) is 33.3. The number of fused-ring (bicyclic) bond motifs is 3. The number of methoxy groups -OCH3 is 3. The monoisotopic (exact) mass is 976 g/mol. The van der Waals surface area contributed by atoms with Crippen molar-refractivity contribution in [1.82, 2.24) is 14.9 Å². The van der Waals surface area contributed by atoms with Crippen molar-refractivity contribution in [3.63, 3.8) is 0 Å². The molecular formula is C55H81N3O12. The van der Waals surface area contributed by atoms with Gasteiger partial charge in [0, 0.05) is 64.4 Å². The number of hydrogen-bond donors (Lipinski definition) is 3. The van der Waals surface area contributed by atoms with E-state index in [1.165, 1.54) is 24.7 Å². The maximum atomic E-state index is 14.6. The quantitative estimate of drug-likeness (QED) is 0.120. The van der Waals surface area contributed by atoms with Crippen LogP contribution in [0.4, 0.5) is 0 Å². The lowest BCUT2D eigenvalue weighted by Gasteiger charge is -2.47. The summed E-state index contributed by atoms with van der Waals surface area (Å²) < 4.78 is 37.5. The summed E-state index contributed by atoms with van der Waals surface area (Å²) in [5, 5.41) is 24.1. The van der Waals surface area contributed by atoms with E-state index in [0.717, 1.165) is 23.1 Å². The minimum atomic E-state index is -2.52. The molecule has 2 bridgehead atoms. The largest absolute Gasteiger partial charge is 0.456 e. The first-order valence-corrected chi connectivity index (χ1v) is 25.7. The number of H-pyrrole nitrogens is 1. The second-order valence-corrected chi connectivity index (χ2v) is 21.0. The number of aliphatic hydroxyl groups excluding tert-OH is 1. The molecule has 3 aliphatic heterocycles. The number of ether oxygens (including phenoxy) is 6. The van der Waals surface area contributed by atoms with Crippen LogP contribution in [0.5, 0.6) is 0 Å². The van der Waals surface area contributed by atoms with Crippen molar-refractivity contribution in [3.8, 4) is 0 Å². The molecule has 15 atom stereocenters. The Labute approximate surface area is 415 Å². The number of aromatic amines is 1. The van der Waals surface area contributed by atoms with Gasteiger partial charge in [0.05, 0.1) is 30.5 Å². The average molecular weight is 976 g/mol. The van der Waals surface area contributed by atoms with Crippen molar-refractivity contribution < 1.29 is 57.8 Å². The number of rotatable bonds is 10. The molecule has 388 valence electrons. The van der Waals surface area contributed by atoms with Crippen LogP contribution in [0.3, 0.4) is 0 Å². The number of allylic oxidation sites excluding steroid dienone is 3. The summed E-state index contributed by atoms with van der Waals surface area (Å²) >= 11 is 0. The number of amides is 1. The molecule has 2 saturated heterocycles. The number of carbonyl (C=O) groups is 4. The zero-order chi connectivity index (χ0) is 51.0. The summed E-state index contributed by atoms with van der Waals surface area (Å²) in [5.74, 6) is -6.90. The van der Waals surface area contributed by atoms with Gasteiger partial charge in [0.1, 0.15) is 36.0 Å². The number of aliphatic hydroxyl groups is 2. The summed E-state index contributed by atoms with van der Waals surface area (Å²) in [6, 6.07) is 5.14. The summed E-state index contributed by atoms with van der Waals surface area (Å²) in [6.45, 7) is 15.5. The second kappa shape index (κ2) is 24.6. The smallest absolute Gasteiger partial charge is 0.329 e. The number of imidazole rings is 1. The normalized spacial score (nSPS) is 36.1. The molecule has 15 unspecified atom stereocenters. The summed E-state index contributed by atoms with van der Waals surface area (Å²) in [4.78, 5) is 66.6. The van der Waals surface area contributed by atoms with E-state index < -0.39 is 83.9 Å². The van der Waals surface area contributed by atoms with E-state index in [2.05, 4.69) is 55.0 Å². The van der Waals surface area contributed by atoms with Gasteiger partial charge in [0.2, 0.25) is 5.79 Å². The Hall–Kier alpha value is -4.09. The lowest BCUT2D eigenvalue weighted by Crippen LogP contribution is -2.64. The van der Waals surface area contributed by atoms with E-state index in [-0.39, 0.29) is 55.6 Å². The van der Waals surface area contributed by atoms with Crippen LogP contribution in [-0.2, 0) is 47.6 Å². The Morgan fingerprint density at radius 1 is 0.929 bits per heavy atom. The lowest BCUT2D eigenvalue weighted by molar-refractivity contribution is -0.302. The zero-order valence-electron chi connectivity index (χ0n) is 43.5. The van der Waals surface area contributed by atoms with E-state index in [4.69, 9.17) is 28.4 Å². The van der Waals surface area contributed by atoms with Gasteiger partial charge in [-0.1, -0.05) is 63.6 Å². The van der Waals surface area contributed by atoms with Gasteiger partial charge < -0.3 is 48.5 Å². The van der Waals surface area contributed by atoms with Crippen LogP contribution in [0.2, 0.25) is 0 Å². The Morgan fingerprint density at radius 2 is 1.64 bits per heavy atom. The number of aryl methyl sites for hydroxylation is 2. The molecular weight excluding hydrogens is 895 g/mol. The third-order valence-corrected chi connectivity index (χ3v) is 15.8. The number of benzene rings is 1. The highest BCUT2D eigenvalue weighted by molar-refractivity contribution is 6.39. The molecule has 3 fully saturated rings. The summed E-state index contributed by atoms with van der Waals surface area (Å²) in [7, 11) is 4.76. The highest BCUT2D eigenvalue weighted by Crippen LogP contribution is 2.40. The minimum absolute atomic E-state index is 0.0221. The van der Waals surface area contributed by atoms with Crippen molar-refractivity contribution in [2.24, 2.45) is 29.6 Å². The molecule has 0 radical (unpaired) electrons. The standard InChI is InChI=1S/C55H81N3O12/c1-12-39-24-31(2)23-32(3)25-46(66-10)50-47(67-11)28-36(7)55(64,70-50)51(61)53(62)58-22-14-13-15-41(58)54(63)69-48(37(8)42(59)30-43(39)60)35(6)26-38-17-19-44(45(29-38)65-9)68-49(52-56-20-21-57-52)40-18-16-33(4)34(5)27-40/h16,18,20-21,24,26-27,32,36-39,41-42,44-50,59,64H,12-15,17,19,22-23,25,28-30H2,1-11H3,(H,56,57)/b31-24+,35-26?. The Bertz CT molecular complexity index is 2160. The molecule has 15 nitrogen and oxygen atoms in total. The lowest BCUT2D eigenvalue weighted by atomic mass is 9.81. The number of cyclic esters (lactones) is 1. The van der Waals surface area contributed by atoms with E-state index in [1.807, 2.05) is 26.8 Å². The second-order valence-electron chi connectivity index (χ2n) is 21.0. The van der Waals surface area contributed by atoms with Gasteiger partial charge in [0.25, 0.3) is 11.7 Å². The number of esters is 1. The molecule has 70 heavy (non-hydrogen) atoms. The maximum absolute atomic E-state index is 14.6. The van der Waals surface area contributed by atoms with Gasteiger partial charge in [0.15, 0.2) is 0 Å². The SMILES string of the molecule is CCC1/C=C(\C)CC(C)CC(OC)C2OC(O)(C(=O)C(=O)N3CCCCC3C(=O)OC(C(C)=CC3CCC(OC(c4ccc(C)c(C)c4)c4ncc[nH]4)C(OC)C3)C(C)C(O)CC1=O)C(C)CC2OC. The number of Topliss-reactive ketones (excluding diaryl/α,β-unsaturated/α-hetero) is 2. The predicted molar refractivity (Wildman–Crippen MR) is 263 cm³/mol. The van der Waals surface area contributed by atoms with E-state index in [1.54, 1.807) is 33.4 Å². The number of hydrogen-bond acceptors (Lipinski definition) is 13.